The highest BCUT2D eigenvalue weighted by Crippen LogP contribution is 2.22. The van der Waals surface area contributed by atoms with Crippen LogP contribution in [0, 0.1) is 0 Å². The summed E-state index contributed by atoms with van der Waals surface area (Å²) in [7, 11) is 0. The molecule has 0 amide bonds. The third-order valence-electron chi connectivity index (χ3n) is 4.15. The zero-order chi connectivity index (χ0) is 16.2. The van der Waals surface area contributed by atoms with Crippen LogP contribution in [0.5, 0.6) is 5.75 Å². The van der Waals surface area contributed by atoms with E-state index in [0.29, 0.717) is 6.61 Å². The summed E-state index contributed by atoms with van der Waals surface area (Å²) in [6.45, 7) is 0.671. The Hall–Kier alpha value is -3.07. The van der Waals surface area contributed by atoms with Crippen molar-refractivity contribution in [3.8, 4) is 16.9 Å². The van der Waals surface area contributed by atoms with E-state index in [1.54, 1.807) is 12.4 Å². The van der Waals surface area contributed by atoms with Crippen molar-refractivity contribution >= 4 is 10.9 Å². The Labute approximate surface area is 140 Å². The summed E-state index contributed by atoms with van der Waals surface area (Å²) in [5.74, 6) is 0.899. The number of nitrogens with zero attached hydrogens (tertiary/aromatic N) is 1. The molecular weight excluding hydrogens is 296 g/mol. The number of hydrogen-bond acceptors (Lipinski definition) is 2. The number of ether oxygens (including phenoxy) is 1. The molecule has 0 unspecified atom stereocenters. The summed E-state index contributed by atoms with van der Waals surface area (Å²) in [4.78, 5) is 7.26. The summed E-state index contributed by atoms with van der Waals surface area (Å²) in [6, 6.07) is 20.8. The standard InChI is InChI=1S/C21H18N2O/c1-6-21-19(9-13-23-21)15-16(1)10-14-24-20-4-2-17(3-5-20)18-7-11-22-12-8-18/h1-9,11-13,15,23H,10,14H2. The number of benzene rings is 2. The molecule has 3 nitrogen and oxygen atoms in total. The molecular formula is C21H18N2O. The number of aromatic nitrogens is 2. The van der Waals surface area contributed by atoms with E-state index in [1.165, 1.54) is 22.0 Å². The molecule has 0 atom stereocenters. The summed E-state index contributed by atoms with van der Waals surface area (Å²) in [5, 5.41) is 1.24. The Morgan fingerprint density at radius 2 is 1.62 bits per heavy atom. The highest BCUT2D eigenvalue weighted by Gasteiger charge is 2.00. The van der Waals surface area contributed by atoms with E-state index in [4.69, 9.17) is 4.74 Å². The maximum atomic E-state index is 5.87. The highest BCUT2D eigenvalue weighted by molar-refractivity contribution is 5.79. The van der Waals surface area contributed by atoms with Crippen molar-refractivity contribution in [2.45, 2.75) is 6.42 Å². The van der Waals surface area contributed by atoms with Crippen LogP contribution in [-0.2, 0) is 6.42 Å². The predicted molar refractivity (Wildman–Crippen MR) is 97.2 cm³/mol. The van der Waals surface area contributed by atoms with Gasteiger partial charge in [-0.05, 0) is 64.5 Å². The third kappa shape index (κ3) is 3.15. The van der Waals surface area contributed by atoms with Crippen molar-refractivity contribution in [3.05, 3.63) is 84.8 Å². The molecule has 4 rings (SSSR count). The minimum absolute atomic E-state index is 0.671. The molecule has 24 heavy (non-hydrogen) atoms. The molecule has 0 aliphatic rings. The van der Waals surface area contributed by atoms with Crippen molar-refractivity contribution in [2.24, 2.45) is 0 Å². The van der Waals surface area contributed by atoms with Gasteiger partial charge in [0.1, 0.15) is 5.75 Å². The van der Waals surface area contributed by atoms with Gasteiger partial charge in [0.25, 0.3) is 0 Å². The second-order valence-corrected chi connectivity index (χ2v) is 5.76. The smallest absolute Gasteiger partial charge is 0.119 e. The van der Waals surface area contributed by atoms with Crippen LogP contribution in [0.1, 0.15) is 5.56 Å². The Balaban J connectivity index is 1.37. The first-order valence-electron chi connectivity index (χ1n) is 8.08. The van der Waals surface area contributed by atoms with E-state index in [1.807, 2.05) is 30.5 Å². The first kappa shape index (κ1) is 14.5. The van der Waals surface area contributed by atoms with Gasteiger partial charge in [0.2, 0.25) is 0 Å². The first-order valence-corrected chi connectivity index (χ1v) is 8.08. The van der Waals surface area contributed by atoms with Crippen LogP contribution in [0.3, 0.4) is 0 Å². The van der Waals surface area contributed by atoms with Gasteiger partial charge >= 0.3 is 0 Å². The minimum atomic E-state index is 0.671. The van der Waals surface area contributed by atoms with Crippen molar-refractivity contribution in [3.63, 3.8) is 0 Å². The van der Waals surface area contributed by atoms with Crippen LogP contribution in [0.25, 0.3) is 22.0 Å². The van der Waals surface area contributed by atoms with Gasteiger partial charge < -0.3 is 9.72 Å². The number of fused-ring (bicyclic) bond motifs is 1. The van der Waals surface area contributed by atoms with Crippen molar-refractivity contribution in [1.29, 1.82) is 0 Å². The van der Waals surface area contributed by atoms with Crippen LogP contribution < -0.4 is 4.74 Å². The molecule has 118 valence electrons. The number of nitrogens with one attached hydrogen (secondary N) is 1. The fraction of sp³-hybridized carbons (Fsp3) is 0.0952. The number of hydrogen-bond donors (Lipinski definition) is 1. The van der Waals surface area contributed by atoms with Gasteiger partial charge in [-0.1, -0.05) is 18.2 Å². The topological polar surface area (TPSA) is 37.9 Å². The third-order valence-corrected chi connectivity index (χ3v) is 4.15. The molecule has 1 N–H and O–H groups in total. The van der Waals surface area contributed by atoms with Gasteiger partial charge in [-0.15, -0.1) is 0 Å². The van der Waals surface area contributed by atoms with Gasteiger partial charge in [0, 0.05) is 30.5 Å². The van der Waals surface area contributed by atoms with Crippen LogP contribution in [0.15, 0.2) is 79.3 Å². The second kappa shape index (κ2) is 6.59. The molecule has 0 spiro atoms. The number of H-pyrrole nitrogens is 1. The van der Waals surface area contributed by atoms with Gasteiger partial charge in [-0.25, -0.2) is 0 Å². The summed E-state index contributed by atoms with van der Waals surface area (Å²) >= 11 is 0. The second-order valence-electron chi connectivity index (χ2n) is 5.76. The predicted octanol–water partition coefficient (Wildman–Crippen LogP) is 4.85. The molecule has 0 aliphatic heterocycles. The Morgan fingerprint density at radius 3 is 2.46 bits per heavy atom. The Bertz CT molecular complexity index is 927. The van der Waals surface area contributed by atoms with E-state index in [2.05, 4.69) is 46.4 Å². The fourth-order valence-corrected chi connectivity index (χ4v) is 2.83. The average molecular weight is 314 g/mol. The lowest BCUT2D eigenvalue weighted by molar-refractivity contribution is 0.322. The van der Waals surface area contributed by atoms with Crippen molar-refractivity contribution < 1.29 is 4.74 Å². The molecule has 2 heterocycles. The van der Waals surface area contributed by atoms with Crippen molar-refractivity contribution in [1.82, 2.24) is 9.97 Å². The van der Waals surface area contributed by atoms with Gasteiger partial charge in [0.05, 0.1) is 6.61 Å². The van der Waals surface area contributed by atoms with Crippen molar-refractivity contribution in [2.75, 3.05) is 6.61 Å². The average Bonchev–Trinajstić information content (AvgIpc) is 3.11. The molecule has 0 radical (unpaired) electrons. The Kier molecular flexibility index (Phi) is 3.98. The highest BCUT2D eigenvalue weighted by atomic mass is 16.5. The van der Waals surface area contributed by atoms with Gasteiger partial charge in [0.15, 0.2) is 0 Å². The van der Waals surface area contributed by atoms with Crippen LogP contribution in [0.4, 0.5) is 0 Å². The zero-order valence-electron chi connectivity index (χ0n) is 13.3. The largest absolute Gasteiger partial charge is 0.493 e. The lowest BCUT2D eigenvalue weighted by Gasteiger charge is -2.08. The molecule has 3 heteroatoms. The molecule has 2 aromatic heterocycles. The monoisotopic (exact) mass is 314 g/mol. The Morgan fingerprint density at radius 1 is 0.833 bits per heavy atom. The van der Waals surface area contributed by atoms with E-state index < -0.39 is 0 Å². The molecule has 0 bridgehead atoms. The molecule has 0 saturated carbocycles. The first-order chi connectivity index (χ1) is 11.9. The zero-order valence-corrected chi connectivity index (χ0v) is 13.3. The van der Waals surface area contributed by atoms with E-state index >= 15 is 0 Å². The van der Waals surface area contributed by atoms with E-state index in [-0.39, 0.29) is 0 Å². The minimum Gasteiger partial charge on any atom is -0.493 e. The SMILES string of the molecule is c1cc(-c2ccc(OCCc3ccc4[nH]ccc4c3)cc2)ccn1. The van der Waals surface area contributed by atoms with E-state index in [0.717, 1.165) is 17.7 Å². The van der Waals surface area contributed by atoms with Crippen LogP contribution in [-0.4, -0.2) is 16.6 Å². The van der Waals surface area contributed by atoms with Crippen LogP contribution >= 0.6 is 0 Å². The summed E-state index contributed by atoms with van der Waals surface area (Å²) < 4.78 is 5.87. The lowest BCUT2D eigenvalue weighted by Crippen LogP contribution is -2.01. The summed E-state index contributed by atoms with van der Waals surface area (Å²) in [5.41, 5.74) is 4.79. The van der Waals surface area contributed by atoms with Gasteiger partial charge in [-0.2, -0.15) is 0 Å². The van der Waals surface area contributed by atoms with Crippen LogP contribution in [0.2, 0.25) is 0 Å². The number of pyridine rings is 1. The number of rotatable bonds is 5. The van der Waals surface area contributed by atoms with E-state index in [9.17, 15) is 0 Å². The lowest BCUT2D eigenvalue weighted by atomic mass is 10.1. The molecule has 0 saturated heterocycles. The molecule has 0 aliphatic carbocycles. The molecule has 2 aromatic carbocycles. The maximum Gasteiger partial charge on any atom is 0.119 e. The quantitative estimate of drug-likeness (QED) is 0.572. The molecule has 4 aromatic rings. The van der Waals surface area contributed by atoms with Gasteiger partial charge in [-0.3, -0.25) is 4.98 Å². The fourth-order valence-electron chi connectivity index (χ4n) is 2.83. The maximum absolute atomic E-state index is 5.87. The molecule has 0 fully saturated rings. The normalized spacial score (nSPS) is 10.8. The number of aromatic amines is 1. The summed E-state index contributed by atoms with van der Waals surface area (Å²) in [6.07, 6.45) is 6.48.